The largest absolute Gasteiger partial charge is 0.315 e. The van der Waals surface area contributed by atoms with Gasteiger partial charge in [-0.05, 0) is 11.0 Å². The molecule has 0 atom stereocenters. The molecule has 0 bridgehead atoms. The fourth-order valence-electron chi connectivity index (χ4n) is 1.11. The van der Waals surface area contributed by atoms with E-state index in [1.54, 1.807) is 6.33 Å². The molecule has 0 fully saturated rings. The van der Waals surface area contributed by atoms with E-state index < -0.39 is 0 Å². The summed E-state index contributed by atoms with van der Waals surface area (Å²) >= 11 is 4.12. The highest BCUT2D eigenvalue weighted by atomic mass is 33.1. The van der Waals surface area contributed by atoms with Crippen LogP contribution in [-0.2, 0) is 13.1 Å². The molecule has 0 aromatic carbocycles. The Hall–Kier alpha value is -0.200. The summed E-state index contributed by atoms with van der Waals surface area (Å²) in [5.74, 6) is 1.03. The summed E-state index contributed by atoms with van der Waals surface area (Å²) in [7, 11) is 1.46. The molecule has 0 saturated carbocycles. The van der Waals surface area contributed by atoms with Gasteiger partial charge in [-0.25, -0.2) is 4.31 Å². The molecule has 0 unspecified atom stereocenters. The quantitative estimate of drug-likeness (QED) is 0.397. The molecule has 1 aromatic heterocycles. The van der Waals surface area contributed by atoms with E-state index >= 15 is 0 Å². The SMILES string of the molecule is SSN1CCn2cnnc2C1. The van der Waals surface area contributed by atoms with Crippen molar-refractivity contribution >= 4 is 22.6 Å². The number of aromatic nitrogens is 3. The van der Waals surface area contributed by atoms with Crippen LogP contribution in [0.4, 0.5) is 0 Å². The topological polar surface area (TPSA) is 34.0 Å². The summed E-state index contributed by atoms with van der Waals surface area (Å²) in [6, 6.07) is 0. The molecule has 0 N–H and O–H groups in total. The lowest BCUT2D eigenvalue weighted by Gasteiger charge is -2.23. The lowest BCUT2D eigenvalue weighted by molar-refractivity contribution is 0.371. The molecule has 11 heavy (non-hydrogen) atoms. The molecule has 1 aromatic rings. The summed E-state index contributed by atoms with van der Waals surface area (Å²) < 4.78 is 4.22. The number of hydrogen-bond donors (Lipinski definition) is 1. The van der Waals surface area contributed by atoms with Gasteiger partial charge in [0.05, 0.1) is 6.54 Å². The van der Waals surface area contributed by atoms with Crippen molar-refractivity contribution in [2.75, 3.05) is 6.54 Å². The first-order chi connectivity index (χ1) is 5.40. The first kappa shape index (κ1) is 7.45. The van der Waals surface area contributed by atoms with E-state index in [0.29, 0.717) is 0 Å². The maximum atomic E-state index is 4.12. The molecule has 2 heterocycles. The van der Waals surface area contributed by atoms with E-state index in [9.17, 15) is 0 Å². The Morgan fingerprint density at radius 3 is 3.27 bits per heavy atom. The second kappa shape index (κ2) is 3.04. The molecular weight excluding hydrogens is 180 g/mol. The van der Waals surface area contributed by atoms with Crippen molar-refractivity contribution in [1.29, 1.82) is 0 Å². The van der Waals surface area contributed by atoms with Crippen molar-refractivity contribution in [3.8, 4) is 0 Å². The van der Waals surface area contributed by atoms with E-state index in [2.05, 4.69) is 30.7 Å². The minimum absolute atomic E-state index is 0.841. The van der Waals surface area contributed by atoms with Gasteiger partial charge in [-0.3, -0.25) is 0 Å². The highest BCUT2D eigenvalue weighted by molar-refractivity contribution is 8.67. The van der Waals surface area contributed by atoms with Crippen LogP contribution in [0.25, 0.3) is 0 Å². The van der Waals surface area contributed by atoms with Crippen LogP contribution < -0.4 is 0 Å². The molecule has 60 valence electrons. The fourth-order valence-corrected chi connectivity index (χ4v) is 1.87. The first-order valence-corrected chi connectivity index (χ1v) is 5.16. The molecule has 0 amide bonds. The Kier molecular flexibility index (Phi) is 2.06. The summed E-state index contributed by atoms with van der Waals surface area (Å²) in [4.78, 5) is 0. The zero-order valence-corrected chi connectivity index (χ0v) is 7.55. The van der Waals surface area contributed by atoms with Crippen molar-refractivity contribution in [2.45, 2.75) is 13.1 Å². The molecule has 4 nitrogen and oxygen atoms in total. The molecule has 0 spiro atoms. The average molecular weight is 188 g/mol. The van der Waals surface area contributed by atoms with Crippen molar-refractivity contribution < 1.29 is 0 Å². The smallest absolute Gasteiger partial charge is 0.148 e. The van der Waals surface area contributed by atoms with Crippen LogP contribution in [-0.4, -0.2) is 25.6 Å². The molecule has 0 radical (unpaired) electrons. The Bertz CT molecular complexity index is 248. The van der Waals surface area contributed by atoms with Crippen LogP contribution in [0, 0.1) is 0 Å². The third-order valence-corrected chi connectivity index (χ3v) is 2.95. The van der Waals surface area contributed by atoms with Crippen molar-refractivity contribution in [1.82, 2.24) is 19.1 Å². The minimum atomic E-state index is 0.841. The zero-order valence-electron chi connectivity index (χ0n) is 5.84. The van der Waals surface area contributed by atoms with Gasteiger partial charge in [0.1, 0.15) is 12.2 Å². The molecule has 2 rings (SSSR count). The minimum Gasteiger partial charge on any atom is -0.315 e. The predicted octanol–water partition coefficient (Wildman–Crippen LogP) is 0.587. The highest BCUT2D eigenvalue weighted by Gasteiger charge is 2.16. The van der Waals surface area contributed by atoms with Gasteiger partial charge in [0.2, 0.25) is 0 Å². The van der Waals surface area contributed by atoms with Gasteiger partial charge in [-0.15, -0.1) is 10.2 Å². The molecule has 0 aliphatic carbocycles. The van der Waals surface area contributed by atoms with E-state index in [1.165, 1.54) is 11.0 Å². The Balaban J connectivity index is 2.18. The maximum Gasteiger partial charge on any atom is 0.148 e. The first-order valence-electron chi connectivity index (χ1n) is 3.33. The second-order valence-corrected chi connectivity index (χ2v) is 3.56. The third kappa shape index (κ3) is 1.38. The van der Waals surface area contributed by atoms with E-state index in [4.69, 9.17) is 0 Å². The van der Waals surface area contributed by atoms with Crippen LogP contribution in [0.15, 0.2) is 6.33 Å². The molecule has 1 aliphatic rings. The van der Waals surface area contributed by atoms with Gasteiger partial charge in [-0.2, -0.15) is 0 Å². The van der Waals surface area contributed by atoms with E-state index in [1.807, 2.05) is 0 Å². The van der Waals surface area contributed by atoms with Gasteiger partial charge in [0.25, 0.3) is 0 Å². The van der Waals surface area contributed by atoms with Gasteiger partial charge in [-0.1, -0.05) is 11.7 Å². The number of hydrogen-bond acceptors (Lipinski definition) is 5. The van der Waals surface area contributed by atoms with Crippen molar-refractivity contribution in [3.05, 3.63) is 12.2 Å². The van der Waals surface area contributed by atoms with E-state index in [0.717, 1.165) is 25.5 Å². The van der Waals surface area contributed by atoms with Crippen LogP contribution >= 0.6 is 22.6 Å². The van der Waals surface area contributed by atoms with Gasteiger partial charge in [0.15, 0.2) is 0 Å². The van der Waals surface area contributed by atoms with Crippen molar-refractivity contribution in [3.63, 3.8) is 0 Å². The molecular formula is C5H8N4S2. The summed E-state index contributed by atoms with van der Waals surface area (Å²) in [5, 5.41) is 7.80. The second-order valence-electron chi connectivity index (χ2n) is 2.39. The maximum absolute atomic E-state index is 4.12. The number of rotatable bonds is 1. The summed E-state index contributed by atoms with van der Waals surface area (Å²) in [5.41, 5.74) is 0. The Labute approximate surface area is 73.9 Å². The van der Waals surface area contributed by atoms with Crippen molar-refractivity contribution in [2.24, 2.45) is 0 Å². The van der Waals surface area contributed by atoms with Crippen LogP contribution in [0.2, 0.25) is 0 Å². The number of nitrogens with zero attached hydrogens (tertiary/aromatic N) is 4. The summed E-state index contributed by atoms with van der Waals surface area (Å²) in [6.45, 7) is 2.82. The summed E-state index contributed by atoms with van der Waals surface area (Å²) in [6.07, 6.45) is 1.77. The standard InChI is InChI=1S/C5H8N4S2/c10-11-9-2-1-8-4-6-7-5(8)3-9/h4,10H,1-3H2. The molecule has 6 heteroatoms. The number of fused-ring (bicyclic) bond motifs is 1. The van der Waals surface area contributed by atoms with Gasteiger partial charge < -0.3 is 4.57 Å². The third-order valence-electron chi connectivity index (χ3n) is 1.72. The Morgan fingerprint density at radius 1 is 1.55 bits per heavy atom. The fraction of sp³-hybridized carbons (Fsp3) is 0.600. The highest BCUT2D eigenvalue weighted by Crippen LogP contribution is 2.19. The zero-order chi connectivity index (χ0) is 7.68. The van der Waals surface area contributed by atoms with Gasteiger partial charge in [0, 0.05) is 13.1 Å². The normalized spacial score (nSPS) is 18.3. The monoisotopic (exact) mass is 188 g/mol. The molecule has 0 saturated heterocycles. The average Bonchev–Trinajstić information content (AvgIpc) is 2.50. The van der Waals surface area contributed by atoms with Gasteiger partial charge >= 0.3 is 0 Å². The molecule has 1 aliphatic heterocycles. The van der Waals surface area contributed by atoms with Crippen LogP contribution in [0.5, 0.6) is 0 Å². The lowest BCUT2D eigenvalue weighted by atomic mass is 10.4. The van der Waals surface area contributed by atoms with Crippen LogP contribution in [0.1, 0.15) is 5.82 Å². The lowest BCUT2D eigenvalue weighted by Crippen LogP contribution is -2.27. The van der Waals surface area contributed by atoms with E-state index in [-0.39, 0.29) is 0 Å². The van der Waals surface area contributed by atoms with Crippen LogP contribution in [0.3, 0.4) is 0 Å². The number of thiol groups is 1. The predicted molar refractivity (Wildman–Crippen MR) is 47.0 cm³/mol. The Morgan fingerprint density at radius 2 is 2.45 bits per heavy atom.